The van der Waals surface area contributed by atoms with Crippen molar-refractivity contribution in [1.82, 2.24) is 4.90 Å². The molecule has 14 atom stereocenters. The minimum atomic E-state index is -0.820. The van der Waals surface area contributed by atoms with Gasteiger partial charge in [-0.3, -0.25) is 14.5 Å². The van der Waals surface area contributed by atoms with E-state index in [2.05, 4.69) is 11.8 Å². The second-order valence-corrected chi connectivity index (χ2v) is 16.3. The molecule has 9 rings (SSSR count). The van der Waals surface area contributed by atoms with Crippen molar-refractivity contribution in [3.63, 3.8) is 0 Å². The lowest BCUT2D eigenvalue weighted by Gasteiger charge is -2.70. The van der Waals surface area contributed by atoms with Gasteiger partial charge in [-0.15, -0.1) is 0 Å². The van der Waals surface area contributed by atoms with E-state index in [-0.39, 0.29) is 97.0 Å². The lowest BCUT2D eigenvalue weighted by molar-refractivity contribution is -0.286. The number of esters is 1. The van der Waals surface area contributed by atoms with Crippen molar-refractivity contribution in [3.05, 3.63) is 29.8 Å². The fraction of sp³-hybridized carbons (Fsp3) is 0.763. The zero-order valence-electron chi connectivity index (χ0n) is 29.9. The maximum atomic E-state index is 14.2. The van der Waals surface area contributed by atoms with E-state index in [0.29, 0.717) is 13.0 Å². The number of rotatable bonds is 9. The number of methoxy groups -OCH3 is 4. The Morgan fingerprint density at radius 1 is 1.04 bits per heavy atom. The van der Waals surface area contributed by atoms with Crippen LogP contribution in [0.2, 0.25) is 0 Å². The number of para-hydroxylation sites is 1. The SMILES string of the molecule is CCN1C[C@]2(COC(=O)c3ccccc3N3C(=O)CC(C)C3=O)CC[C@H](OC)[C@]34[C@@H]5C[C@H]6[C@H](OC)[C@@H]5[C@@]5(C[C@@H]6OC)OCO[C@@]5([C@H]13)[C@@H](OC)[C@H]24. The first-order valence-corrected chi connectivity index (χ1v) is 18.4. The summed E-state index contributed by atoms with van der Waals surface area (Å²) in [6.45, 7) is 5.73. The third-order valence-corrected chi connectivity index (χ3v) is 15.1. The summed E-state index contributed by atoms with van der Waals surface area (Å²) in [6.07, 6.45) is 2.77. The molecule has 1 aromatic carbocycles. The summed E-state index contributed by atoms with van der Waals surface area (Å²) in [5.74, 6) is -1.22. The van der Waals surface area contributed by atoms with E-state index in [9.17, 15) is 14.4 Å². The summed E-state index contributed by atoms with van der Waals surface area (Å²) in [6, 6.07) is 6.72. The van der Waals surface area contributed by atoms with Crippen molar-refractivity contribution in [1.29, 1.82) is 0 Å². The fourth-order valence-electron chi connectivity index (χ4n) is 13.9. The second kappa shape index (κ2) is 11.3. The van der Waals surface area contributed by atoms with Gasteiger partial charge in [-0.25, -0.2) is 9.69 Å². The molecule has 12 heteroatoms. The minimum absolute atomic E-state index is 0.0457. The van der Waals surface area contributed by atoms with Crippen LogP contribution < -0.4 is 4.90 Å². The molecule has 0 N–H and O–H groups in total. The van der Waals surface area contributed by atoms with Gasteiger partial charge in [0.05, 0.1) is 48.3 Å². The number of piperidine rings is 1. The van der Waals surface area contributed by atoms with Gasteiger partial charge in [0.1, 0.15) is 18.0 Å². The molecule has 2 amide bonds. The monoisotopic (exact) mass is 694 g/mol. The molecule has 3 heterocycles. The molecular formula is C38H50N2O10. The number of nitrogens with zero attached hydrogens (tertiary/aromatic N) is 2. The average Bonchev–Trinajstić information content (AvgIpc) is 3.78. The summed E-state index contributed by atoms with van der Waals surface area (Å²) in [5.41, 5.74) is -1.91. The van der Waals surface area contributed by atoms with Gasteiger partial charge in [0.15, 0.2) is 0 Å². The van der Waals surface area contributed by atoms with E-state index in [1.54, 1.807) is 45.4 Å². The van der Waals surface area contributed by atoms with Crippen LogP contribution in [-0.2, 0) is 42.7 Å². The van der Waals surface area contributed by atoms with E-state index >= 15 is 0 Å². The van der Waals surface area contributed by atoms with Gasteiger partial charge in [-0.2, -0.15) is 0 Å². The molecule has 272 valence electrons. The molecule has 1 aromatic rings. The molecule has 1 unspecified atom stereocenters. The Hall–Kier alpha value is -2.45. The zero-order chi connectivity index (χ0) is 35.0. The van der Waals surface area contributed by atoms with Crippen LogP contribution in [0, 0.1) is 40.4 Å². The van der Waals surface area contributed by atoms with Gasteiger partial charge in [-0.1, -0.05) is 26.0 Å². The van der Waals surface area contributed by atoms with E-state index in [4.69, 9.17) is 33.2 Å². The smallest absolute Gasteiger partial charge is 0.340 e. The van der Waals surface area contributed by atoms with Crippen LogP contribution in [-0.4, -0.2) is 119 Å². The number of hydrogen-bond acceptors (Lipinski definition) is 11. The second-order valence-electron chi connectivity index (χ2n) is 16.3. The van der Waals surface area contributed by atoms with Gasteiger partial charge >= 0.3 is 5.97 Å². The molecule has 0 radical (unpaired) electrons. The Morgan fingerprint density at radius 2 is 1.84 bits per heavy atom. The summed E-state index contributed by atoms with van der Waals surface area (Å²) in [7, 11) is 7.24. The van der Waals surface area contributed by atoms with Crippen LogP contribution in [0.5, 0.6) is 0 Å². The molecule has 3 saturated heterocycles. The van der Waals surface area contributed by atoms with E-state index in [0.717, 1.165) is 30.7 Å². The zero-order valence-corrected chi connectivity index (χ0v) is 29.9. The highest BCUT2D eigenvalue weighted by molar-refractivity contribution is 6.22. The normalized spacial score (nSPS) is 48.3. The van der Waals surface area contributed by atoms with E-state index in [1.165, 1.54) is 0 Å². The fourth-order valence-corrected chi connectivity index (χ4v) is 13.9. The van der Waals surface area contributed by atoms with Crippen molar-refractivity contribution in [2.24, 2.45) is 40.4 Å². The Balaban J connectivity index is 1.16. The Kier molecular flexibility index (Phi) is 7.53. The van der Waals surface area contributed by atoms with Gasteiger partial charge in [-0.05, 0) is 43.9 Å². The summed E-state index contributed by atoms with van der Waals surface area (Å²) in [4.78, 5) is 43.8. The molecule has 12 nitrogen and oxygen atoms in total. The lowest BCUT2D eigenvalue weighted by atomic mass is 9.42. The Labute approximate surface area is 293 Å². The molecule has 5 saturated carbocycles. The van der Waals surface area contributed by atoms with Crippen LogP contribution in [0.4, 0.5) is 5.69 Å². The van der Waals surface area contributed by atoms with Crippen molar-refractivity contribution in [2.45, 2.75) is 87.6 Å². The standard InChI is InChI=1S/C38H50N2O10/c1-7-39-17-35(18-48-33(43)21-10-8-9-11-24(21)40-27(41)14-20(2)32(40)42)13-12-26(45-4)37-23-15-22-25(44-3)16-36(28(23)29(22)46-5)38(34(37)39,50-19-49-36)31(47-6)30(35)37/h8-11,20,22-23,25-26,28-31,34H,7,12-19H2,1-6H3/t20?,22-,23-,25+,26+,28-,29+,30-,31+,34-,35+,36-,37+,38-/m1/s1. The molecule has 3 aliphatic heterocycles. The number of amides is 2. The van der Waals surface area contributed by atoms with Crippen LogP contribution >= 0.6 is 0 Å². The number of ether oxygens (including phenoxy) is 7. The minimum Gasteiger partial charge on any atom is -0.461 e. The van der Waals surface area contributed by atoms with Crippen LogP contribution in [0.1, 0.15) is 56.3 Å². The first-order valence-electron chi connectivity index (χ1n) is 18.4. The number of carbonyl (C=O) groups excluding carboxylic acids is 3. The molecule has 3 spiro atoms. The van der Waals surface area contributed by atoms with Crippen LogP contribution in [0.25, 0.3) is 0 Å². The predicted molar refractivity (Wildman–Crippen MR) is 177 cm³/mol. The number of imide groups is 1. The third kappa shape index (κ3) is 3.64. The highest BCUT2D eigenvalue weighted by Crippen LogP contribution is 2.82. The highest BCUT2D eigenvalue weighted by atomic mass is 16.7. The molecule has 8 fully saturated rings. The van der Waals surface area contributed by atoms with E-state index in [1.807, 2.05) is 14.2 Å². The van der Waals surface area contributed by atoms with Crippen LogP contribution in [0.3, 0.4) is 0 Å². The molecule has 0 aromatic heterocycles. The van der Waals surface area contributed by atoms with Gasteiger partial charge < -0.3 is 33.2 Å². The molecular weight excluding hydrogens is 644 g/mol. The third-order valence-electron chi connectivity index (χ3n) is 15.1. The maximum absolute atomic E-state index is 14.2. The van der Waals surface area contributed by atoms with Crippen molar-refractivity contribution >= 4 is 23.5 Å². The lowest BCUT2D eigenvalue weighted by Crippen LogP contribution is -2.81. The number of hydrogen-bond donors (Lipinski definition) is 0. The average molecular weight is 695 g/mol. The quantitative estimate of drug-likeness (QED) is 0.280. The maximum Gasteiger partial charge on any atom is 0.340 e. The molecule has 5 aliphatic carbocycles. The van der Waals surface area contributed by atoms with Crippen molar-refractivity contribution in [3.8, 4) is 0 Å². The number of anilines is 1. The number of likely N-dealkylation sites (N-methyl/N-ethyl adjacent to an activating group) is 1. The first-order chi connectivity index (χ1) is 24.1. The number of fused-ring (bicyclic) bond motifs is 1. The number of likely N-dealkylation sites (tertiary alicyclic amines) is 1. The Morgan fingerprint density at radius 3 is 2.52 bits per heavy atom. The summed E-state index contributed by atoms with van der Waals surface area (Å²) in [5, 5.41) is 0. The topological polar surface area (TPSA) is 122 Å². The Bertz CT molecular complexity index is 1610. The highest BCUT2D eigenvalue weighted by Gasteiger charge is 2.94. The summed E-state index contributed by atoms with van der Waals surface area (Å²) >= 11 is 0. The van der Waals surface area contributed by atoms with Crippen LogP contribution in [0.15, 0.2) is 24.3 Å². The van der Waals surface area contributed by atoms with Crippen molar-refractivity contribution in [2.75, 3.05) is 59.8 Å². The molecule has 8 aliphatic rings. The number of carbonyl (C=O) groups is 3. The number of benzene rings is 1. The van der Waals surface area contributed by atoms with Gasteiger partial charge in [0, 0.05) is 82.3 Å². The van der Waals surface area contributed by atoms with Gasteiger partial charge in [0.25, 0.3) is 0 Å². The van der Waals surface area contributed by atoms with E-state index < -0.39 is 33.9 Å². The summed E-state index contributed by atoms with van der Waals surface area (Å²) < 4.78 is 46.5. The largest absolute Gasteiger partial charge is 0.461 e. The van der Waals surface area contributed by atoms with Crippen molar-refractivity contribution < 1.29 is 47.5 Å². The molecule has 50 heavy (non-hydrogen) atoms. The first kappa shape index (κ1) is 33.4. The molecule has 7 bridgehead atoms. The predicted octanol–water partition coefficient (Wildman–Crippen LogP) is 3.05. The van der Waals surface area contributed by atoms with Gasteiger partial charge in [0.2, 0.25) is 11.8 Å².